The number of hydrogen-bond acceptors (Lipinski definition) is 7. The lowest BCUT2D eigenvalue weighted by molar-refractivity contribution is -0.140. The number of oxazole rings is 1. The van der Waals surface area contributed by atoms with Gasteiger partial charge in [0.05, 0.1) is 26.5 Å². The predicted molar refractivity (Wildman–Crippen MR) is 117 cm³/mol. The standard InChI is InChI=1S/C23H21F3N4O4/c1-32-15-6-4-3-5-14(15)28-21(31)20-17(11-27)34-22(30-20)13-7-9-16(33-2)19-12(13)8-10-18(29-19)23(24,25)26/h5-10H,3-4,11,27H2,1-2H3,(H,28,31). The number of rotatable bonds is 6. The molecule has 0 spiro atoms. The zero-order valence-electron chi connectivity index (χ0n) is 18.3. The lowest BCUT2D eigenvalue weighted by Gasteiger charge is -2.15. The van der Waals surface area contributed by atoms with Gasteiger partial charge in [-0.05, 0) is 43.2 Å². The largest absolute Gasteiger partial charge is 0.495 e. The van der Waals surface area contributed by atoms with Gasteiger partial charge in [0, 0.05) is 10.9 Å². The molecule has 8 nitrogen and oxygen atoms in total. The van der Waals surface area contributed by atoms with Gasteiger partial charge in [0.2, 0.25) is 5.89 Å². The first-order valence-corrected chi connectivity index (χ1v) is 10.3. The van der Waals surface area contributed by atoms with E-state index >= 15 is 0 Å². The van der Waals surface area contributed by atoms with Crippen LogP contribution in [0.4, 0.5) is 13.2 Å². The van der Waals surface area contributed by atoms with Crippen molar-refractivity contribution < 1.29 is 31.9 Å². The van der Waals surface area contributed by atoms with Crippen molar-refractivity contribution in [2.75, 3.05) is 14.2 Å². The minimum atomic E-state index is -4.63. The number of carbonyl (C=O) groups excluding carboxylic acids is 1. The number of pyridine rings is 1. The molecule has 0 bridgehead atoms. The Balaban J connectivity index is 1.76. The molecule has 2 heterocycles. The number of fused-ring (bicyclic) bond motifs is 1. The third-order valence-electron chi connectivity index (χ3n) is 5.24. The maximum absolute atomic E-state index is 13.2. The Morgan fingerprint density at radius 1 is 1.12 bits per heavy atom. The van der Waals surface area contributed by atoms with Gasteiger partial charge < -0.3 is 24.9 Å². The van der Waals surface area contributed by atoms with E-state index in [0.717, 1.165) is 18.9 Å². The highest BCUT2D eigenvalue weighted by Gasteiger charge is 2.33. The minimum Gasteiger partial charge on any atom is -0.495 e. The highest BCUT2D eigenvalue weighted by atomic mass is 19.4. The first-order chi connectivity index (χ1) is 16.3. The Hall–Kier alpha value is -3.86. The Kier molecular flexibility index (Phi) is 6.29. The summed E-state index contributed by atoms with van der Waals surface area (Å²) >= 11 is 0. The zero-order valence-corrected chi connectivity index (χ0v) is 18.3. The molecule has 1 aromatic carbocycles. The number of aromatic nitrogens is 2. The van der Waals surface area contributed by atoms with Crippen molar-refractivity contribution in [1.29, 1.82) is 0 Å². The molecular weight excluding hydrogens is 453 g/mol. The quantitative estimate of drug-likeness (QED) is 0.547. The van der Waals surface area contributed by atoms with E-state index in [0.29, 0.717) is 22.4 Å². The summed E-state index contributed by atoms with van der Waals surface area (Å²) in [4.78, 5) is 21.0. The van der Waals surface area contributed by atoms with Crippen molar-refractivity contribution >= 4 is 16.8 Å². The third-order valence-corrected chi connectivity index (χ3v) is 5.24. The lowest BCUT2D eigenvalue weighted by atomic mass is 10.1. The number of halogens is 3. The monoisotopic (exact) mass is 474 g/mol. The molecule has 3 N–H and O–H groups in total. The van der Waals surface area contributed by atoms with Gasteiger partial charge in [-0.25, -0.2) is 9.97 Å². The van der Waals surface area contributed by atoms with E-state index in [4.69, 9.17) is 19.6 Å². The molecule has 11 heteroatoms. The first-order valence-electron chi connectivity index (χ1n) is 10.3. The first kappa shape index (κ1) is 23.3. The Morgan fingerprint density at radius 2 is 1.88 bits per heavy atom. The SMILES string of the molecule is COC1=CCCC=C1NC(=O)c1nc(-c2ccc(OC)c3nc(C(F)(F)F)ccc23)oc1CN. The molecule has 178 valence electrons. The summed E-state index contributed by atoms with van der Waals surface area (Å²) in [6.45, 7) is -0.119. The van der Waals surface area contributed by atoms with E-state index in [1.165, 1.54) is 26.4 Å². The second-order valence-corrected chi connectivity index (χ2v) is 7.32. The fraction of sp³-hybridized carbons (Fsp3) is 0.261. The van der Waals surface area contributed by atoms with Crippen LogP contribution in [0, 0.1) is 0 Å². The fourth-order valence-corrected chi connectivity index (χ4v) is 3.62. The molecule has 0 saturated heterocycles. The highest BCUT2D eigenvalue weighted by Crippen LogP contribution is 2.37. The summed E-state index contributed by atoms with van der Waals surface area (Å²) < 4.78 is 55.8. The average molecular weight is 474 g/mol. The Bertz CT molecular complexity index is 1310. The molecule has 1 aliphatic rings. The molecule has 0 radical (unpaired) electrons. The number of nitrogens with one attached hydrogen (secondary N) is 1. The number of nitrogens with zero attached hydrogens (tertiary/aromatic N) is 2. The van der Waals surface area contributed by atoms with Gasteiger partial charge in [-0.1, -0.05) is 6.08 Å². The molecule has 0 unspecified atom stereocenters. The van der Waals surface area contributed by atoms with Crippen LogP contribution < -0.4 is 15.8 Å². The van der Waals surface area contributed by atoms with E-state index in [2.05, 4.69) is 15.3 Å². The lowest BCUT2D eigenvalue weighted by Crippen LogP contribution is -2.26. The average Bonchev–Trinajstić information content (AvgIpc) is 3.27. The number of nitrogens with two attached hydrogens (primary N) is 1. The van der Waals surface area contributed by atoms with Gasteiger partial charge in [-0.15, -0.1) is 0 Å². The van der Waals surface area contributed by atoms with Crippen LogP contribution in [0.5, 0.6) is 5.75 Å². The van der Waals surface area contributed by atoms with Crippen LogP contribution in [0.3, 0.4) is 0 Å². The summed E-state index contributed by atoms with van der Waals surface area (Å²) in [5.74, 6) is 0.263. The minimum absolute atomic E-state index is 0.0138. The number of carbonyl (C=O) groups is 1. The molecule has 3 aromatic rings. The van der Waals surface area contributed by atoms with Gasteiger partial charge in [-0.2, -0.15) is 13.2 Å². The van der Waals surface area contributed by atoms with E-state index in [1.54, 1.807) is 6.07 Å². The van der Waals surface area contributed by atoms with Gasteiger partial charge in [0.25, 0.3) is 5.91 Å². The number of alkyl halides is 3. The second-order valence-electron chi connectivity index (χ2n) is 7.32. The summed E-state index contributed by atoms with van der Waals surface area (Å²) in [5, 5.41) is 3.06. The van der Waals surface area contributed by atoms with Crippen LogP contribution >= 0.6 is 0 Å². The maximum Gasteiger partial charge on any atom is 0.433 e. The zero-order chi connectivity index (χ0) is 24.5. The highest BCUT2D eigenvalue weighted by molar-refractivity contribution is 5.98. The van der Waals surface area contributed by atoms with Crippen molar-refractivity contribution in [3.05, 3.63) is 65.0 Å². The van der Waals surface area contributed by atoms with Crippen LogP contribution in [-0.4, -0.2) is 30.1 Å². The van der Waals surface area contributed by atoms with Crippen molar-refractivity contribution in [2.24, 2.45) is 5.73 Å². The van der Waals surface area contributed by atoms with Gasteiger partial charge in [0.15, 0.2) is 11.5 Å². The van der Waals surface area contributed by atoms with Gasteiger partial charge in [-0.3, -0.25) is 4.79 Å². The van der Waals surface area contributed by atoms with E-state index in [1.807, 2.05) is 12.2 Å². The molecule has 1 amide bonds. The number of allylic oxidation sites excluding steroid dienone is 2. The number of ether oxygens (including phenoxy) is 2. The summed E-state index contributed by atoms with van der Waals surface area (Å²) in [7, 11) is 2.84. The molecule has 0 atom stereocenters. The van der Waals surface area contributed by atoms with Crippen LogP contribution in [-0.2, 0) is 17.5 Å². The Morgan fingerprint density at radius 3 is 2.56 bits per heavy atom. The number of benzene rings is 1. The van der Waals surface area contributed by atoms with Crippen LogP contribution in [0.15, 0.2) is 52.3 Å². The van der Waals surface area contributed by atoms with Crippen molar-refractivity contribution in [3.63, 3.8) is 0 Å². The normalized spacial score (nSPS) is 13.9. The van der Waals surface area contributed by atoms with Crippen molar-refractivity contribution in [1.82, 2.24) is 15.3 Å². The van der Waals surface area contributed by atoms with Crippen molar-refractivity contribution in [3.8, 4) is 17.2 Å². The molecule has 34 heavy (non-hydrogen) atoms. The predicted octanol–water partition coefficient (Wildman–Crippen LogP) is 4.31. The summed E-state index contributed by atoms with van der Waals surface area (Å²) in [6, 6.07) is 5.15. The summed E-state index contributed by atoms with van der Waals surface area (Å²) in [5.41, 5.74) is 5.49. The molecule has 4 rings (SSSR count). The van der Waals surface area contributed by atoms with Crippen LogP contribution in [0.25, 0.3) is 22.4 Å². The van der Waals surface area contributed by atoms with Crippen molar-refractivity contribution in [2.45, 2.75) is 25.6 Å². The van der Waals surface area contributed by atoms with E-state index in [9.17, 15) is 18.0 Å². The molecule has 2 aromatic heterocycles. The smallest absolute Gasteiger partial charge is 0.433 e. The topological polar surface area (TPSA) is 112 Å². The van der Waals surface area contributed by atoms with E-state index < -0.39 is 17.8 Å². The molecular formula is C23H21F3N4O4. The molecule has 0 aliphatic heterocycles. The van der Waals surface area contributed by atoms with Gasteiger partial charge >= 0.3 is 6.18 Å². The van der Waals surface area contributed by atoms with E-state index in [-0.39, 0.29) is 35.2 Å². The second kappa shape index (κ2) is 9.18. The van der Waals surface area contributed by atoms with Crippen LogP contribution in [0.2, 0.25) is 0 Å². The van der Waals surface area contributed by atoms with Crippen LogP contribution in [0.1, 0.15) is 34.8 Å². The number of amides is 1. The molecule has 1 aliphatic carbocycles. The fourth-order valence-electron chi connectivity index (χ4n) is 3.62. The van der Waals surface area contributed by atoms with Gasteiger partial charge in [0.1, 0.15) is 22.7 Å². The number of hydrogen-bond donors (Lipinski definition) is 2. The maximum atomic E-state index is 13.2. The third kappa shape index (κ3) is 4.34. The Labute approximate surface area is 192 Å². The molecule has 0 saturated carbocycles. The molecule has 0 fully saturated rings. The summed E-state index contributed by atoms with van der Waals surface area (Å²) in [6.07, 6.45) is 0.597. The number of methoxy groups -OCH3 is 2.